The van der Waals surface area contributed by atoms with Gasteiger partial charge in [-0.3, -0.25) is 0 Å². The molecule has 5 heteroatoms. The number of benzene rings is 1. The molecule has 1 aromatic rings. The molecule has 0 spiro atoms. The number of rotatable bonds is 3. The summed E-state index contributed by atoms with van der Waals surface area (Å²) in [4.78, 5) is -0.282. The Balaban J connectivity index is 3.15. The van der Waals surface area contributed by atoms with Crippen LogP contribution in [0.5, 0.6) is 0 Å². The van der Waals surface area contributed by atoms with E-state index in [-0.39, 0.29) is 16.5 Å². The average Bonchev–Trinajstić information content (AvgIpc) is 2.04. The molecule has 0 fully saturated rings. The summed E-state index contributed by atoms with van der Waals surface area (Å²) in [5.74, 6) is -1.00. The van der Waals surface area contributed by atoms with Crippen LogP contribution in [0.3, 0.4) is 0 Å². The van der Waals surface area contributed by atoms with Crippen molar-refractivity contribution in [2.24, 2.45) is 0 Å². The fraction of sp³-hybridized carbons (Fsp3) is 0.250. The Bertz CT molecular complexity index is 389. The molecule has 0 aromatic heterocycles. The number of hydrogen-bond donors (Lipinski definition) is 0. The van der Waals surface area contributed by atoms with Crippen LogP contribution < -0.4 is 0 Å². The molecule has 72 valence electrons. The topological polar surface area (TPSA) is 34.1 Å². The van der Waals surface area contributed by atoms with E-state index in [1.54, 1.807) is 0 Å². The van der Waals surface area contributed by atoms with Crippen molar-refractivity contribution in [3.05, 3.63) is 30.1 Å². The van der Waals surface area contributed by atoms with Crippen LogP contribution in [0.2, 0.25) is 0 Å². The highest BCUT2D eigenvalue weighted by molar-refractivity contribution is 7.91. The van der Waals surface area contributed by atoms with E-state index in [9.17, 15) is 12.8 Å². The van der Waals surface area contributed by atoms with E-state index in [1.165, 1.54) is 18.2 Å². The van der Waals surface area contributed by atoms with Gasteiger partial charge in [0.15, 0.2) is 9.84 Å². The second-order valence-corrected chi connectivity index (χ2v) is 4.89. The lowest BCUT2D eigenvalue weighted by atomic mass is 10.3. The molecule has 0 N–H and O–H groups in total. The minimum Gasteiger partial charge on any atom is -0.224 e. The van der Waals surface area contributed by atoms with Gasteiger partial charge in [-0.15, -0.1) is 11.6 Å². The molecule has 1 rings (SSSR count). The lowest BCUT2D eigenvalue weighted by molar-refractivity contribution is 0.568. The van der Waals surface area contributed by atoms with Crippen LogP contribution in [0, 0.1) is 5.82 Å². The Labute approximate surface area is 81.3 Å². The van der Waals surface area contributed by atoms with Gasteiger partial charge in [0.25, 0.3) is 0 Å². The van der Waals surface area contributed by atoms with Crippen LogP contribution in [0.4, 0.5) is 4.39 Å². The van der Waals surface area contributed by atoms with Crippen LogP contribution in [-0.2, 0) is 9.84 Å². The van der Waals surface area contributed by atoms with E-state index in [4.69, 9.17) is 11.6 Å². The van der Waals surface area contributed by atoms with Crippen LogP contribution in [0.1, 0.15) is 0 Å². The molecule has 0 heterocycles. The summed E-state index contributed by atoms with van der Waals surface area (Å²) in [5.41, 5.74) is 0. The molecular formula is C8H8ClFO2S. The van der Waals surface area contributed by atoms with E-state index < -0.39 is 15.7 Å². The maximum Gasteiger partial charge on any atom is 0.182 e. The first-order valence-corrected chi connectivity index (χ1v) is 5.80. The van der Waals surface area contributed by atoms with Gasteiger partial charge in [0.2, 0.25) is 0 Å². The SMILES string of the molecule is O=S(=O)(CCCl)c1ccccc1F. The first-order valence-electron chi connectivity index (χ1n) is 3.61. The highest BCUT2D eigenvalue weighted by Crippen LogP contribution is 2.15. The predicted octanol–water partition coefficient (Wildman–Crippen LogP) is 1.84. The Hall–Kier alpha value is -0.610. The number of sulfone groups is 1. The molecule has 0 unspecified atom stereocenters. The Kier molecular flexibility index (Phi) is 3.27. The van der Waals surface area contributed by atoms with Crippen molar-refractivity contribution < 1.29 is 12.8 Å². The summed E-state index contributed by atoms with van der Waals surface area (Å²) in [6.07, 6.45) is 0. The van der Waals surface area contributed by atoms with E-state index in [2.05, 4.69) is 0 Å². The fourth-order valence-electron chi connectivity index (χ4n) is 0.908. The van der Waals surface area contributed by atoms with Gasteiger partial charge in [-0.2, -0.15) is 0 Å². The largest absolute Gasteiger partial charge is 0.224 e. The van der Waals surface area contributed by atoms with Gasteiger partial charge in [0.05, 0.1) is 5.75 Å². The van der Waals surface area contributed by atoms with Crippen molar-refractivity contribution in [3.63, 3.8) is 0 Å². The van der Waals surface area contributed by atoms with Crippen molar-refractivity contribution in [3.8, 4) is 0 Å². The zero-order valence-corrected chi connectivity index (χ0v) is 8.28. The molecule has 0 amide bonds. The summed E-state index contributed by atoms with van der Waals surface area (Å²) in [7, 11) is -3.55. The molecule has 0 aliphatic rings. The molecule has 0 atom stereocenters. The second-order valence-electron chi connectivity index (χ2n) is 2.44. The maximum atomic E-state index is 13.0. The van der Waals surface area contributed by atoms with Crippen LogP contribution in [0.25, 0.3) is 0 Å². The summed E-state index contributed by atoms with van der Waals surface area (Å²) in [5, 5.41) is 0. The van der Waals surface area contributed by atoms with Gasteiger partial charge in [-0.1, -0.05) is 12.1 Å². The third-order valence-corrected chi connectivity index (χ3v) is 3.67. The van der Waals surface area contributed by atoms with Gasteiger partial charge >= 0.3 is 0 Å². The molecule has 0 aliphatic carbocycles. The van der Waals surface area contributed by atoms with Gasteiger partial charge in [-0.25, -0.2) is 12.8 Å². The van der Waals surface area contributed by atoms with Gasteiger partial charge in [0.1, 0.15) is 10.7 Å². The lowest BCUT2D eigenvalue weighted by Crippen LogP contribution is -2.09. The number of alkyl halides is 1. The monoisotopic (exact) mass is 222 g/mol. The van der Waals surface area contributed by atoms with Crippen LogP contribution in [0.15, 0.2) is 29.2 Å². The minimum absolute atomic E-state index is 0.0311. The molecule has 0 saturated heterocycles. The zero-order chi connectivity index (χ0) is 9.90. The van der Waals surface area contributed by atoms with E-state index in [1.807, 2.05) is 0 Å². The summed E-state index contributed by atoms with van der Waals surface area (Å²) in [6.45, 7) is 0. The summed E-state index contributed by atoms with van der Waals surface area (Å²) >= 11 is 5.29. The Morgan fingerprint density at radius 3 is 2.46 bits per heavy atom. The van der Waals surface area contributed by atoms with Crippen molar-refractivity contribution in [2.45, 2.75) is 4.90 Å². The van der Waals surface area contributed by atoms with Crippen molar-refractivity contribution in [1.29, 1.82) is 0 Å². The molecule has 0 radical (unpaired) electrons. The van der Waals surface area contributed by atoms with Crippen molar-refractivity contribution >= 4 is 21.4 Å². The third kappa shape index (κ3) is 2.42. The molecule has 0 saturated carbocycles. The summed E-state index contributed by atoms with van der Waals surface area (Å²) in [6, 6.07) is 5.26. The van der Waals surface area contributed by atoms with E-state index >= 15 is 0 Å². The molecule has 13 heavy (non-hydrogen) atoms. The second kappa shape index (κ2) is 4.07. The van der Waals surface area contributed by atoms with Crippen molar-refractivity contribution in [1.82, 2.24) is 0 Å². The lowest BCUT2D eigenvalue weighted by Gasteiger charge is -2.02. The standard InChI is InChI=1S/C8H8ClFO2S/c9-5-6-13(11,12)8-4-2-1-3-7(8)10/h1-4H,5-6H2. The maximum absolute atomic E-state index is 13.0. The first-order chi connectivity index (χ1) is 6.08. The Morgan fingerprint density at radius 1 is 1.31 bits per heavy atom. The average molecular weight is 223 g/mol. The third-order valence-electron chi connectivity index (χ3n) is 1.52. The quantitative estimate of drug-likeness (QED) is 0.732. The highest BCUT2D eigenvalue weighted by atomic mass is 35.5. The number of hydrogen-bond acceptors (Lipinski definition) is 2. The first kappa shape index (κ1) is 10.5. The predicted molar refractivity (Wildman–Crippen MR) is 49.2 cm³/mol. The van der Waals surface area contributed by atoms with Crippen molar-refractivity contribution in [2.75, 3.05) is 11.6 Å². The molecule has 0 bridgehead atoms. The van der Waals surface area contributed by atoms with Crippen LogP contribution >= 0.6 is 11.6 Å². The van der Waals surface area contributed by atoms with Gasteiger partial charge in [0, 0.05) is 5.88 Å². The molecular weight excluding hydrogens is 215 g/mol. The molecule has 2 nitrogen and oxygen atoms in total. The molecule has 0 aliphatic heterocycles. The van der Waals surface area contributed by atoms with Gasteiger partial charge in [-0.05, 0) is 12.1 Å². The minimum atomic E-state index is -3.55. The van der Waals surface area contributed by atoms with Crippen LogP contribution in [-0.4, -0.2) is 20.1 Å². The zero-order valence-electron chi connectivity index (χ0n) is 6.70. The highest BCUT2D eigenvalue weighted by Gasteiger charge is 2.17. The number of halogens is 2. The summed E-state index contributed by atoms with van der Waals surface area (Å²) < 4.78 is 35.6. The molecule has 1 aromatic carbocycles. The van der Waals surface area contributed by atoms with E-state index in [0.717, 1.165) is 6.07 Å². The smallest absolute Gasteiger partial charge is 0.182 e. The normalized spacial score (nSPS) is 11.5. The van der Waals surface area contributed by atoms with Gasteiger partial charge < -0.3 is 0 Å². The fourth-order valence-corrected chi connectivity index (χ4v) is 2.59. The Morgan fingerprint density at radius 2 is 1.92 bits per heavy atom. The van der Waals surface area contributed by atoms with E-state index in [0.29, 0.717) is 0 Å².